The first-order valence-electron chi connectivity index (χ1n) is 8.69. The molecular weight excluding hydrogens is 326 g/mol. The molecule has 0 heterocycles. The first-order chi connectivity index (χ1) is 12.7. The van der Waals surface area contributed by atoms with E-state index in [-0.39, 0.29) is 5.91 Å². The van der Waals surface area contributed by atoms with E-state index in [1.807, 2.05) is 54.6 Å². The van der Waals surface area contributed by atoms with Crippen LogP contribution in [-0.4, -0.2) is 20.1 Å². The van der Waals surface area contributed by atoms with Gasteiger partial charge in [-0.05, 0) is 53.4 Å². The lowest BCUT2D eigenvalue weighted by Crippen LogP contribution is -2.27. The highest BCUT2D eigenvalue weighted by Gasteiger charge is 2.51. The van der Waals surface area contributed by atoms with Crippen LogP contribution in [0.25, 0.3) is 10.8 Å². The average molecular weight is 347 g/mol. The molecule has 26 heavy (non-hydrogen) atoms. The summed E-state index contributed by atoms with van der Waals surface area (Å²) in [7, 11) is 3.22. The molecule has 3 aromatic rings. The molecule has 4 rings (SSSR count). The number of nitrogens with one attached hydrogen (secondary N) is 1. The highest BCUT2D eigenvalue weighted by molar-refractivity contribution is 6.02. The summed E-state index contributed by atoms with van der Waals surface area (Å²) in [5, 5.41) is 5.36. The maximum Gasteiger partial charge on any atom is 0.235 e. The zero-order chi connectivity index (χ0) is 18.1. The van der Waals surface area contributed by atoms with E-state index in [1.54, 1.807) is 14.2 Å². The molecule has 0 radical (unpaired) electrons. The Balaban J connectivity index is 1.60. The fourth-order valence-corrected chi connectivity index (χ4v) is 3.42. The van der Waals surface area contributed by atoms with Gasteiger partial charge in [-0.3, -0.25) is 4.79 Å². The molecule has 0 atom stereocenters. The van der Waals surface area contributed by atoms with E-state index >= 15 is 0 Å². The normalized spacial score (nSPS) is 14.7. The zero-order valence-corrected chi connectivity index (χ0v) is 14.9. The van der Waals surface area contributed by atoms with Gasteiger partial charge in [0.1, 0.15) is 0 Å². The second-order valence-corrected chi connectivity index (χ2v) is 6.67. The van der Waals surface area contributed by atoms with Crippen LogP contribution < -0.4 is 14.8 Å². The minimum Gasteiger partial charge on any atom is -0.493 e. The number of hydrogen-bond acceptors (Lipinski definition) is 3. The SMILES string of the molecule is COc1ccc(C2(C(=O)Nc3ccc4ccccc4c3)CC2)cc1OC. The van der Waals surface area contributed by atoms with Crippen molar-refractivity contribution in [2.24, 2.45) is 0 Å². The number of carbonyl (C=O) groups excluding carboxylic acids is 1. The predicted octanol–water partition coefficient (Wildman–Crippen LogP) is 4.53. The third kappa shape index (κ3) is 2.77. The summed E-state index contributed by atoms with van der Waals surface area (Å²) in [6.45, 7) is 0. The molecule has 1 fully saturated rings. The number of ether oxygens (including phenoxy) is 2. The number of anilines is 1. The molecule has 1 amide bonds. The molecule has 4 nitrogen and oxygen atoms in total. The van der Waals surface area contributed by atoms with Crippen molar-refractivity contribution in [3.05, 3.63) is 66.2 Å². The molecule has 0 bridgehead atoms. The second-order valence-electron chi connectivity index (χ2n) is 6.67. The molecule has 1 N–H and O–H groups in total. The minimum atomic E-state index is -0.481. The van der Waals surface area contributed by atoms with Crippen LogP contribution in [0.5, 0.6) is 11.5 Å². The summed E-state index contributed by atoms with van der Waals surface area (Å²) >= 11 is 0. The van der Waals surface area contributed by atoms with Gasteiger partial charge in [0.25, 0.3) is 0 Å². The summed E-state index contributed by atoms with van der Waals surface area (Å²) in [5.74, 6) is 1.34. The average Bonchev–Trinajstić information content (AvgIpc) is 3.49. The van der Waals surface area contributed by atoms with Gasteiger partial charge in [-0.15, -0.1) is 0 Å². The van der Waals surface area contributed by atoms with Crippen LogP contribution >= 0.6 is 0 Å². The Morgan fingerprint density at radius 3 is 2.31 bits per heavy atom. The summed E-state index contributed by atoms with van der Waals surface area (Å²) in [6, 6.07) is 19.8. The van der Waals surface area contributed by atoms with Gasteiger partial charge in [-0.1, -0.05) is 36.4 Å². The van der Waals surface area contributed by atoms with Gasteiger partial charge in [0.05, 0.1) is 19.6 Å². The molecule has 4 heteroatoms. The Kier molecular flexibility index (Phi) is 4.03. The van der Waals surface area contributed by atoms with Crippen LogP contribution in [-0.2, 0) is 10.2 Å². The molecule has 1 saturated carbocycles. The Hall–Kier alpha value is -3.01. The Morgan fingerprint density at radius 1 is 0.885 bits per heavy atom. The van der Waals surface area contributed by atoms with Gasteiger partial charge in [0.2, 0.25) is 5.91 Å². The smallest absolute Gasteiger partial charge is 0.235 e. The van der Waals surface area contributed by atoms with Crippen LogP contribution in [0.1, 0.15) is 18.4 Å². The number of benzene rings is 3. The van der Waals surface area contributed by atoms with E-state index in [2.05, 4.69) is 11.4 Å². The molecule has 132 valence electrons. The van der Waals surface area contributed by atoms with Gasteiger partial charge in [-0.25, -0.2) is 0 Å². The number of amides is 1. The topological polar surface area (TPSA) is 47.6 Å². The standard InChI is InChI=1S/C22H21NO3/c1-25-19-10-8-17(14-20(19)26-2)22(11-12-22)21(24)23-18-9-7-15-5-3-4-6-16(15)13-18/h3-10,13-14H,11-12H2,1-2H3,(H,23,24). The van der Waals surface area contributed by atoms with E-state index < -0.39 is 5.41 Å². The monoisotopic (exact) mass is 347 g/mol. The van der Waals surface area contributed by atoms with Crippen LogP contribution in [0, 0.1) is 0 Å². The number of carbonyl (C=O) groups is 1. The summed E-state index contributed by atoms with van der Waals surface area (Å²) in [4.78, 5) is 13.0. The molecule has 3 aromatic carbocycles. The Morgan fingerprint density at radius 2 is 1.62 bits per heavy atom. The molecule has 1 aliphatic rings. The number of hydrogen-bond donors (Lipinski definition) is 1. The fourth-order valence-electron chi connectivity index (χ4n) is 3.42. The summed E-state index contributed by atoms with van der Waals surface area (Å²) in [6.07, 6.45) is 1.67. The zero-order valence-electron chi connectivity index (χ0n) is 14.9. The number of fused-ring (bicyclic) bond motifs is 1. The lowest BCUT2D eigenvalue weighted by Gasteiger charge is -2.18. The molecule has 0 unspecified atom stereocenters. The van der Waals surface area contributed by atoms with E-state index in [0.29, 0.717) is 11.5 Å². The van der Waals surface area contributed by atoms with E-state index in [0.717, 1.165) is 34.9 Å². The van der Waals surface area contributed by atoms with Gasteiger partial charge < -0.3 is 14.8 Å². The molecule has 0 aliphatic heterocycles. The molecule has 0 saturated heterocycles. The largest absolute Gasteiger partial charge is 0.493 e. The van der Waals surface area contributed by atoms with Crippen molar-refractivity contribution >= 4 is 22.4 Å². The lowest BCUT2D eigenvalue weighted by atomic mass is 9.94. The molecule has 0 aromatic heterocycles. The van der Waals surface area contributed by atoms with Crippen LogP contribution in [0.3, 0.4) is 0 Å². The van der Waals surface area contributed by atoms with Crippen LogP contribution in [0.15, 0.2) is 60.7 Å². The molecule has 0 spiro atoms. The maximum atomic E-state index is 13.0. The van der Waals surface area contributed by atoms with Crippen molar-refractivity contribution in [2.75, 3.05) is 19.5 Å². The van der Waals surface area contributed by atoms with Crippen molar-refractivity contribution in [1.29, 1.82) is 0 Å². The van der Waals surface area contributed by atoms with Crippen molar-refractivity contribution in [3.8, 4) is 11.5 Å². The number of rotatable bonds is 5. The minimum absolute atomic E-state index is 0.0278. The number of methoxy groups -OCH3 is 2. The van der Waals surface area contributed by atoms with Gasteiger partial charge in [0, 0.05) is 5.69 Å². The fraction of sp³-hybridized carbons (Fsp3) is 0.227. The van der Waals surface area contributed by atoms with Gasteiger partial charge >= 0.3 is 0 Å². The van der Waals surface area contributed by atoms with Crippen LogP contribution in [0.2, 0.25) is 0 Å². The highest BCUT2D eigenvalue weighted by atomic mass is 16.5. The van der Waals surface area contributed by atoms with Crippen molar-refractivity contribution in [2.45, 2.75) is 18.3 Å². The highest BCUT2D eigenvalue weighted by Crippen LogP contribution is 2.50. The van der Waals surface area contributed by atoms with E-state index in [4.69, 9.17) is 9.47 Å². The van der Waals surface area contributed by atoms with E-state index in [9.17, 15) is 4.79 Å². The second kappa shape index (κ2) is 6.37. The van der Waals surface area contributed by atoms with Crippen molar-refractivity contribution in [3.63, 3.8) is 0 Å². The first kappa shape index (κ1) is 16.5. The lowest BCUT2D eigenvalue weighted by molar-refractivity contribution is -0.118. The molecular formula is C22H21NO3. The van der Waals surface area contributed by atoms with Crippen molar-refractivity contribution in [1.82, 2.24) is 0 Å². The maximum absolute atomic E-state index is 13.0. The first-order valence-corrected chi connectivity index (χ1v) is 8.69. The quantitative estimate of drug-likeness (QED) is 0.738. The Bertz CT molecular complexity index is 976. The Labute approximate surface area is 152 Å². The van der Waals surface area contributed by atoms with Crippen molar-refractivity contribution < 1.29 is 14.3 Å². The predicted molar refractivity (Wildman–Crippen MR) is 103 cm³/mol. The summed E-state index contributed by atoms with van der Waals surface area (Å²) in [5.41, 5.74) is 1.31. The third-order valence-corrected chi connectivity index (χ3v) is 5.13. The van der Waals surface area contributed by atoms with E-state index in [1.165, 1.54) is 0 Å². The van der Waals surface area contributed by atoms with Crippen LogP contribution in [0.4, 0.5) is 5.69 Å². The third-order valence-electron chi connectivity index (χ3n) is 5.13. The summed E-state index contributed by atoms with van der Waals surface area (Å²) < 4.78 is 10.7. The van der Waals surface area contributed by atoms with Gasteiger partial charge in [-0.2, -0.15) is 0 Å². The van der Waals surface area contributed by atoms with Gasteiger partial charge in [0.15, 0.2) is 11.5 Å². The molecule has 1 aliphatic carbocycles.